The maximum absolute atomic E-state index is 14.7. The molecule has 1 atom stereocenters. The fourth-order valence-electron chi connectivity index (χ4n) is 6.33. The lowest BCUT2D eigenvalue weighted by Gasteiger charge is -2.36. The van der Waals surface area contributed by atoms with E-state index in [4.69, 9.17) is 4.74 Å². The standard InChI is InChI=1S/C40H34N2O9S/c1-25-17-19-30(20-18-25)52(49,50)41-37(43)32-22-35(40(47)48)33(23-34(32)39(45)46)38(44)42(36-16-8-11-27-10-5-6-15-31(27)36)24-26-9-7-14-29(21-26)51-28-12-3-2-4-13-28/h2-7,9-10,12-15,17-23,36H,8,11,16,24H2,1H3,(H,41,43)(H,45,46)(H,47,48)/t36-/m0/s1. The van der Waals surface area contributed by atoms with Crippen LogP contribution in [0.25, 0.3) is 0 Å². The van der Waals surface area contributed by atoms with Gasteiger partial charge in [-0.3, -0.25) is 9.59 Å². The van der Waals surface area contributed by atoms with E-state index < -0.39 is 62.1 Å². The second kappa shape index (κ2) is 14.9. The van der Waals surface area contributed by atoms with Crippen molar-refractivity contribution in [1.82, 2.24) is 9.62 Å². The molecule has 0 radical (unpaired) electrons. The van der Waals surface area contributed by atoms with Gasteiger partial charge in [-0.25, -0.2) is 22.7 Å². The van der Waals surface area contributed by atoms with Crippen LogP contribution < -0.4 is 9.46 Å². The number of carboxylic acid groups (broad SMARTS) is 2. The van der Waals surface area contributed by atoms with Crippen molar-refractivity contribution in [3.05, 3.63) is 160 Å². The third kappa shape index (κ3) is 7.72. The predicted molar refractivity (Wildman–Crippen MR) is 191 cm³/mol. The molecular formula is C40H34N2O9S. The van der Waals surface area contributed by atoms with Gasteiger partial charge in [-0.05, 0) is 91.4 Å². The van der Waals surface area contributed by atoms with Gasteiger partial charge in [0.05, 0.1) is 33.2 Å². The number of carboxylic acids is 2. The van der Waals surface area contributed by atoms with Crippen LogP contribution in [0.15, 0.2) is 120 Å². The van der Waals surface area contributed by atoms with Crippen LogP contribution in [0.3, 0.4) is 0 Å². The van der Waals surface area contributed by atoms with Gasteiger partial charge in [-0.15, -0.1) is 0 Å². The average Bonchev–Trinajstić information content (AvgIpc) is 3.13. The van der Waals surface area contributed by atoms with Crippen LogP contribution in [-0.4, -0.2) is 47.3 Å². The number of amides is 2. The Labute approximate surface area is 300 Å². The first-order valence-electron chi connectivity index (χ1n) is 16.4. The van der Waals surface area contributed by atoms with Crippen molar-refractivity contribution >= 4 is 33.8 Å². The summed E-state index contributed by atoms with van der Waals surface area (Å²) in [5.74, 6) is -4.31. The zero-order valence-electron chi connectivity index (χ0n) is 28.0. The van der Waals surface area contributed by atoms with Crippen molar-refractivity contribution in [3.8, 4) is 11.5 Å². The van der Waals surface area contributed by atoms with E-state index in [2.05, 4.69) is 0 Å². The Morgan fingerprint density at radius 3 is 2.10 bits per heavy atom. The molecule has 0 aliphatic heterocycles. The smallest absolute Gasteiger partial charge is 0.336 e. The summed E-state index contributed by atoms with van der Waals surface area (Å²) in [4.78, 5) is 54.6. The van der Waals surface area contributed by atoms with Gasteiger partial charge in [0, 0.05) is 6.54 Å². The summed E-state index contributed by atoms with van der Waals surface area (Å²) < 4.78 is 33.8. The number of benzene rings is 5. The fourth-order valence-corrected chi connectivity index (χ4v) is 7.30. The number of sulfonamides is 1. The topological polar surface area (TPSA) is 167 Å². The maximum atomic E-state index is 14.7. The highest BCUT2D eigenvalue weighted by Gasteiger charge is 2.34. The van der Waals surface area contributed by atoms with Gasteiger partial charge in [-0.2, -0.15) is 0 Å². The number of aryl methyl sites for hydroxylation is 2. The lowest BCUT2D eigenvalue weighted by Crippen LogP contribution is -2.37. The Balaban J connectivity index is 1.41. The lowest BCUT2D eigenvalue weighted by atomic mass is 9.86. The molecule has 11 nitrogen and oxygen atoms in total. The van der Waals surface area contributed by atoms with Gasteiger partial charge in [0.1, 0.15) is 11.5 Å². The molecule has 6 rings (SSSR count). The van der Waals surface area contributed by atoms with Crippen LogP contribution >= 0.6 is 0 Å². The number of aromatic carboxylic acids is 2. The van der Waals surface area contributed by atoms with E-state index in [-0.39, 0.29) is 11.4 Å². The third-order valence-electron chi connectivity index (χ3n) is 8.86. The third-order valence-corrected chi connectivity index (χ3v) is 10.2. The van der Waals surface area contributed by atoms with Crippen LogP contribution in [0.4, 0.5) is 0 Å². The Bertz CT molecular complexity index is 2290. The van der Waals surface area contributed by atoms with E-state index >= 15 is 0 Å². The van der Waals surface area contributed by atoms with Crippen molar-refractivity contribution in [2.75, 3.05) is 0 Å². The Morgan fingerprint density at radius 2 is 1.38 bits per heavy atom. The fraction of sp³-hybridized carbons (Fsp3) is 0.150. The van der Waals surface area contributed by atoms with Gasteiger partial charge in [0.15, 0.2) is 0 Å². The van der Waals surface area contributed by atoms with Crippen molar-refractivity contribution in [2.45, 2.75) is 43.7 Å². The molecule has 0 saturated heterocycles. The van der Waals surface area contributed by atoms with Crippen molar-refractivity contribution < 1.29 is 42.5 Å². The largest absolute Gasteiger partial charge is 0.478 e. The molecule has 5 aromatic carbocycles. The van der Waals surface area contributed by atoms with Crippen LogP contribution in [0.1, 0.15) is 82.6 Å². The van der Waals surface area contributed by atoms with E-state index in [1.54, 1.807) is 43.3 Å². The molecule has 0 heterocycles. The number of rotatable bonds is 11. The normalized spacial score (nSPS) is 13.8. The highest BCUT2D eigenvalue weighted by molar-refractivity contribution is 7.90. The number of hydrogen-bond acceptors (Lipinski definition) is 7. The summed E-state index contributed by atoms with van der Waals surface area (Å²) in [5.41, 5.74) is 0.729. The lowest BCUT2D eigenvalue weighted by molar-refractivity contribution is 0.0614. The van der Waals surface area contributed by atoms with Gasteiger partial charge < -0.3 is 19.8 Å². The minimum atomic E-state index is -4.47. The van der Waals surface area contributed by atoms with Gasteiger partial charge in [-0.1, -0.05) is 72.3 Å². The summed E-state index contributed by atoms with van der Waals surface area (Å²) in [7, 11) is -4.47. The number of fused-ring (bicyclic) bond motifs is 1. The molecule has 0 bridgehead atoms. The summed E-state index contributed by atoms with van der Waals surface area (Å²) in [6.45, 7) is 1.75. The van der Waals surface area contributed by atoms with E-state index in [0.717, 1.165) is 41.7 Å². The van der Waals surface area contributed by atoms with Crippen LogP contribution in [0, 0.1) is 6.92 Å². The number of para-hydroxylation sites is 1. The monoisotopic (exact) mass is 718 g/mol. The molecule has 0 fully saturated rings. The summed E-state index contributed by atoms with van der Waals surface area (Å²) >= 11 is 0. The SMILES string of the molecule is Cc1ccc(S(=O)(=O)NC(=O)c2cc(C(=O)O)c(C(=O)N(Cc3cccc(Oc4ccccc4)c3)[C@H]3CCCc4ccccc43)cc2C(=O)O)cc1. The average molecular weight is 719 g/mol. The molecule has 2 amide bonds. The van der Waals surface area contributed by atoms with E-state index in [0.29, 0.717) is 23.5 Å². The molecule has 3 N–H and O–H groups in total. The van der Waals surface area contributed by atoms with Crippen LogP contribution in [0.5, 0.6) is 11.5 Å². The molecule has 0 spiro atoms. The number of ether oxygens (including phenoxy) is 1. The predicted octanol–water partition coefficient (Wildman–Crippen LogP) is 7.02. The first kappa shape index (κ1) is 35.6. The molecular weight excluding hydrogens is 685 g/mol. The molecule has 0 aromatic heterocycles. The summed E-state index contributed by atoms with van der Waals surface area (Å²) in [6, 6.07) is 30.6. The quantitative estimate of drug-likeness (QED) is 0.130. The summed E-state index contributed by atoms with van der Waals surface area (Å²) in [6.07, 6.45) is 2.08. The van der Waals surface area contributed by atoms with E-state index in [1.807, 2.05) is 47.2 Å². The van der Waals surface area contributed by atoms with E-state index in [1.165, 1.54) is 29.2 Å². The molecule has 0 unspecified atom stereocenters. The molecule has 1 aliphatic carbocycles. The molecule has 264 valence electrons. The maximum Gasteiger partial charge on any atom is 0.336 e. The molecule has 0 saturated carbocycles. The minimum absolute atomic E-state index is 0.00230. The van der Waals surface area contributed by atoms with Crippen LogP contribution in [-0.2, 0) is 23.0 Å². The van der Waals surface area contributed by atoms with Crippen molar-refractivity contribution in [1.29, 1.82) is 0 Å². The Morgan fingerprint density at radius 1 is 0.750 bits per heavy atom. The second-order valence-electron chi connectivity index (χ2n) is 12.4. The molecule has 1 aliphatic rings. The van der Waals surface area contributed by atoms with Crippen molar-refractivity contribution in [2.24, 2.45) is 0 Å². The zero-order valence-corrected chi connectivity index (χ0v) is 28.8. The molecule has 5 aromatic rings. The highest BCUT2D eigenvalue weighted by Crippen LogP contribution is 2.37. The van der Waals surface area contributed by atoms with E-state index in [9.17, 15) is 37.8 Å². The number of nitrogens with zero attached hydrogens (tertiary/aromatic N) is 1. The molecule has 52 heavy (non-hydrogen) atoms. The van der Waals surface area contributed by atoms with Gasteiger partial charge in [0.25, 0.3) is 21.8 Å². The van der Waals surface area contributed by atoms with Gasteiger partial charge >= 0.3 is 11.9 Å². The Hall–Kier alpha value is -6.27. The number of hydrogen-bond donors (Lipinski definition) is 3. The summed E-state index contributed by atoms with van der Waals surface area (Å²) in [5, 5.41) is 20.5. The van der Waals surface area contributed by atoms with Crippen LogP contribution in [0.2, 0.25) is 0 Å². The second-order valence-corrected chi connectivity index (χ2v) is 14.1. The number of nitrogens with one attached hydrogen (secondary N) is 1. The first-order chi connectivity index (χ1) is 24.9. The molecule has 12 heteroatoms. The van der Waals surface area contributed by atoms with Gasteiger partial charge in [0.2, 0.25) is 0 Å². The number of carbonyl (C=O) groups excluding carboxylic acids is 2. The highest BCUT2D eigenvalue weighted by atomic mass is 32.2. The first-order valence-corrected chi connectivity index (χ1v) is 17.9. The van der Waals surface area contributed by atoms with Crippen molar-refractivity contribution in [3.63, 3.8) is 0 Å². The number of carbonyl (C=O) groups is 4. The minimum Gasteiger partial charge on any atom is -0.478 e. The Kier molecular flexibility index (Phi) is 10.2. The zero-order chi connectivity index (χ0) is 37.0.